The molecule has 0 heterocycles. The largest absolute Gasteiger partial charge is 0.497 e. The lowest BCUT2D eigenvalue weighted by Gasteiger charge is -2.09. The lowest BCUT2D eigenvalue weighted by atomic mass is 10.1. The molecule has 0 bridgehead atoms. The minimum absolute atomic E-state index is 0.556. The predicted octanol–water partition coefficient (Wildman–Crippen LogP) is 1.77. The number of benzene rings is 1. The third-order valence-corrected chi connectivity index (χ3v) is 3.06. The summed E-state index contributed by atoms with van der Waals surface area (Å²) in [6, 6.07) is 5.93. The molecule has 0 saturated heterocycles. The van der Waals surface area contributed by atoms with Gasteiger partial charge in [0.1, 0.15) is 11.5 Å². The second kappa shape index (κ2) is 4.11. The first-order valence-electron chi connectivity index (χ1n) is 5.22. The van der Waals surface area contributed by atoms with Crippen LogP contribution in [0.1, 0.15) is 17.9 Å². The van der Waals surface area contributed by atoms with Gasteiger partial charge in [-0.15, -0.1) is 0 Å². The summed E-state index contributed by atoms with van der Waals surface area (Å²) in [5.41, 5.74) is 6.88. The summed E-state index contributed by atoms with van der Waals surface area (Å²) in [6.45, 7) is 0.755. The highest BCUT2D eigenvalue weighted by Gasteiger charge is 2.38. The Balaban J connectivity index is 2.27. The van der Waals surface area contributed by atoms with Crippen molar-refractivity contribution in [3.8, 4) is 11.5 Å². The molecular weight excluding hydrogens is 190 g/mol. The summed E-state index contributed by atoms with van der Waals surface area (Å²) in [7, 11) is 3.38. The Morgan fingerprint density at radius 3 is 2.67 bits per heavy atom. The maximum atomic E-state index is 5.65. The van der Waals surface area contributed by atoms with Gasteiger partial charge < -0.3 is 15.2 Å². The van der Waals surface area contributed by atoms with Crippen LogP contribution in [0.3, 0.4) is 0 Å². The normalized spacial score (nSPS) is 23.7. The molecule has 1 aliphatic rings. The van der Waals surface area contributed by atoms with E-state index in [1.807, 2.05) is 12.1 Å². The van der Waals surface area contributed by atoms with Crippen LogP contribution in [0.15, 0.2) is 18.2 Å². The van der Waals surface area contributed by atoms with E-state index in [0.717, 1.165) is 18.0 Å². The smallest absolute Gasteiger partial charge is 0.122 e. The second-order valence-electron chi connectivity index (χ2n) is 3.95. The van der Waals surface area contributed by atoms with Crippen LogP contribution in [0.4, 0.5) is 0 Å². The number of methoxy groups -OCH3 is 2. The molecule has 1 aromatic carbocycles. The average molecular weight is 207 g/mol. The molecule has 0 radical (unpaired) electrons. The molecule has 0 amide bonds. The summed E-state index contributed by atoms with van der Waals surface area (Å²) in [4.78, 5) is 0. The Kier molecular flexibility index (Phi) is 2.82. The highest BCUT2D eigenvalue weighted by atomic mass is 16.5. The molecule has 3 nitrogen and oxygen atoms in total. The average Bonchev–Trinajstić information content (AvgIpc) is 3.07. The van der Waals surface area contributed by atoms with Crippen LogP contribution in [0, 0.1) is 5.92 Å². The van der Waals surface area contributed by atoms with E-state index >= 15 is 0 Å². The second-order valence-corrected chi connectivity index (χ2v) is 3.95. The summed E-state index contributed by atoms with van der Waals surface area (Å²) >= 11 is 0. The molecule has 15 heavy (non-hydrogen) atoms. The van der Waals surface area contributed by atoms with Crippen LogP contribution in [-0.4, -0.2) is 20.8 Å². The van der Waals surface area contributed by atoms with Gasteiger partial charge in [-0.25, -0.2) is 0 Å². The highest BCUT2D eigenvalue weighted by Crippen LogP contribution is 2.50. The minimum Gasteiger partial charge on any atom is -0.497 e. The van der Waals surface area contributed by atoms with Gasteiger partial charge in [0.25, 0.3) is 0 Å². The quantitative estimate of drug-likeness (QED) is 0.818. The molecular formula is C12H17NO2. The summed E-state index contributed by atoms with van der Waals surface area (Å²) < 4.78 is 10.6. The lowest BCUT2D eigenvalue weighted by Crippen LogP contribution is -2.02. The Labute approximate surface area is 90.2 Å². The molecule has 82 valence electrons. The molecule has 1 aromatic rings. The van der Waals surface area contributed by atoms with Crippen LogP contribution in [0.2, 0.25) is 0 Å². The first-order chi connectivity index (χ1) is 7.30. The van der Waals surface area contributed by atoms with E-state index in [4.69, 9.17) is 15.2 Å². The van der Waals surface area contributed by atoms with Gasteiger partial charge in [0.2, 0.25) is 0 Å². The minimum atomic E-state index is 0.556. The standard InChI is InChI=1S/C12H17NO2/c1-14-9-3-4-12(15-2)11(6-9)10-5-8(10)7-13/h3-4,6,8,10H,5,7,13H2,1-2H3/t8-,10+/m1/s1. The first-order valence-corrected chi connectivity index (χ1v) is 5.22. The van der Waals surface area contributed by atoms with Crippen LogP contribution in [0.5, 0.6) is 11.5 Å². The first kappa shape index (κ1) is 10.3. The van der Waals surface area contributed by atoms with Gasteiger partial charge in [-0.05, 0) is 43.0 Å². The van der Waals surface area contributed by atoms with Crippen molar-refractivity contribution in [1.82, 2.24) is 0 Å². The predicted molar refractivity (Wildman–Crippen MR) is 59.4 cm³/mol. The monoisotopic (exact) mass is 207 g/mol. The fourth-order valence-corrected chi connectivity index (χ4v) is 2.02. The van der Waals surface area contributed by atoms with Crippen molar-refractivity contribution in [3.63, 3.8) is 0 Å². The zero-order valence-electron chi connectivity index (χ0n) is 9.19. The fourth-order valence-electron chi connectivity index (χ4n) is 2.02. The lowest BCUT2D eigenvalue weighted by molar-refractivity contribution is 0.398. The Morgan fingerprint density at radius 1 is 1.33 bits per heavy atom. The van der Waals surface area contributed by atoms with E-state index in [2.05, 4.69) is 6.07 Å². The van der Waals surface area contributed by atoms with Crippen molar-refractivity contribution in [2.45, 2.75) is 12.3 Å². The van der Waals surface area contributed by atoms with E-state index in [0.29, 0.717) is 11.8 Å². The van der Waals surface area contributed by atoms with Gasteiger partial charge in [-0.3, -0.25) is 0 Å². The number of hydrogen-bond donors (Lipinski definition) is 1. The fraction of sp³-hybridized carbons (Fsp3) is 0.500. The van der Waals surface area contributed by atoms with Crippen LogP contribution in [-0.2, 0) is 0 Å². The number of rotatable bonds is 4. The zero-order valence-corrected chi connectivity index (χ0v) is 9.19. The van der Waals surface area contributed by atoms with E-state index in [-0.39, 0.29) is 0 Å². The van der Waals surface area contributed by atoms with Gasteiger partial charge in [-0.1, -0.05) is 0 Å². The maximum Gasteiger partial charge on any atom is 0.122 e. The van der Waals surface area contributed by atoms with Crippen molar-refractivity contribution >= 4 is 0 Å². The summed E-state index contributed by atoms with van der Waals surface area (Å²) in [5.74, 6) is 3.00. The van der Waals surface area contributed by atoms with Gasteiger partial charge in [0.05, 0.1) is 14.2 Å². The number of hydrogen-bond acceptors (Lipinski definition) is 3. The molecule has 2 atom stereocenters. The molecule has 0 spiro atoms. The summed E-state index contributed by atoms with van der Waals surface area (Å²) in [5, 5.41) is 0. The van der Waals surface area contributed by atoms with E-state index < -0.39 is 0 Å². The van der Waals surface area contributed by atoms with Crippen molar-refractivity contribution in [2.75, 3.05) is 20.8 Å². The van der Waals surface area contributed by atoms with Crippen molar-refractivity contribution in [3.05, 3.63) is 23.8 Å². The van der Waals surface area contributed by atoms with Crippen molar-refractivity contribution in [1.29, 1.82) is 0 Å². The van der Waals surface area contributed by atoms with E-state index in [9.17, 15) is 0 Å². The molecule has 2 rings (SSSR count). The molecule has 3 heteroatoms. The van der Waals surface area contributed by atoms with Crippen molar-refractivity contribution < 1.29 is 9.47 Å². The molecule has 0 unspecified atom stereocenters. The third-order valence-electron chi connectivity index (χ3n) is 3.06. The van der Waals surface area contributed by atoms with Crippen LogP contribution in [0.25, 0.3) is 0 Å². The van der Waals surface area contributed by atoms with Crippen LogP contribution < -0.4 is 15.2 Å². The molecule has 1 saturated carbocycles. The Morgan fingerprint density at radius 2 is 2.13 bits per heavy atom. The molecule has 0 aliphatic heterocycles. The molecule has 0 aromatic heterocycles. The van der Waals surface area contributed by atoms with Crippen molar-refractivity contribution in [2.24, 2.45) is 11.7 Å². The zero-order chi connectivity index (χ0) is 10.8. The van der Waals surface area contributed by atoms with Gasteiger partial charge in [0.15, 0.2) is 0 Å². The number of ether oxygens (including phenoxy) is 2. The van der Waals surface area contributed by atoms with E-state index in [1.165, 1.54) is 12.0 Å². The third kappa shape index (κ3) is 1.92. The van der Waals surface area contributed by atoms with E-state index in [1.54, 1.807) is 14.2 Å². The SMILES string of the molecule is COc1ccc(OC)c([C@H]2C[C@@H]2CN)c1. The molecule has 2 N–H and O–H groups in total. The Bertz CT molecular complexity index is 351. The topological polar surface area (TPSA) is 44.5 Å². The van der Waals surface area contributed by atoms with Crippen LogP contribution >= 0.6 is 0 Å². The highest BCUT2D eigenvalue weighted by molar-refractivity contribution is 5.45. The molecule has 1 aliphatic carbocycles. The Hall–Kier alpha value is -1.22. The molecule has 1 fully saturated rings. The van der Waals surface area contributed by atoms with Gasteiger partial charge in [0, 0.05) is 5.56 Å². The maximum absolute atomic E-state index is 5.65. The summed E-state index contributed by atoms with van der Waals surface area (Å²) in [6.07, 6.45) is 1.17. The number of nitrogens with two attached hydrogens (primary N) is 1. The van der Waals surface area contributed by atoms with Gasteiger partial charge in [-0.2, -0.15) is 0 Å². The van der Waals surface area contributed by atoms with Gasteiger partial charge >= 0.3 is 0 Å².